The summed E-state index contributed by atoms with van der Waals surface area (Å²) in [6.45, 7) is 5.90. The standard InChI is InChI=1S/C16H26N2O/c1-2-5-14-6-8-15(9-7-14)17-12-16(19)13-18-10-3-4-11-18/h6-9,16-17,19H,2-5,10-13H2,1H3. The van der Waals surface area contributed by atoms with Gasteiger partial charge in [0, 0.05) is 18.8 Å². The Hall–Kier alpha value is -1.06. The van der Waals surface area contributed by atoms with Crippen LogP contribution in [0.15, 0.2) is 24.3 Å². The summed E-state index contributed by atoms with van der Waals surface area (Å²) >= 11 is 0. The maximum absolute atomic E-state index is 10.0. The first-order chi connectivity index (χ1) is 9.28. The summed E-state index contributed by atoms with van der Waals surface area (Å²) in [6, 6.07) is 8.54. The lowest BCUT2D eigenvalue weighted by Crippen LogP contribution is -2.34. The highest BCUT2D eigenvalue weighted by atomic mass is 16.3. The highest BCUT2D eigenvalue weighted by Gasteiger charge is 2.15. The van der Waals surface area contributed by atoms with Crippen molar-refractivity contribution < 1.29 is 5.11 Å². The van der Waals surface area contributed by atoms with Crippen molar-refractivity contribution in [3.63, 3.8) is 0 Å². The topological polar surface area (TPSA) is 35.5 Å². The number of aryl methyl sites for hydroxylation is 1. The van der Waals surface area contributed by atoms with Crippen molar-refractivity contribution in [2.75, 3.05) is 31.5 Å². The molecule has 1 fully saturated rings. The summed E-state index contributed by atoms with van der Waals surface area (Å²) in [5.41, 5.74) is 2.48. The Morgan fingerprint density at radius 3 is 2.53 bits per heavy atom. The van der Waals surface area contributed by atoms with Crippen molar-refractivity contribution >= 4 is 5.69 Å². The number of aliphatic hydroxyl groups is 1. The first-order valence-corrected chi connectivity index (χ1v) is 7.51. The highest BCUT2D eigenvalue weighted by molar-refractivity contribution is 5.44. The molecule has 0 spiro atoms. The number of anilines is 1. The average molecular weight is 262 g/mol. The number of likely N-dealkylation sites (tertiary alicyclic amines) is 1. The van der Waals surface area contributed by atoms with Crippen LogP contribution >= 0.6 is 0 Å². The zero-order valence-electron chi connectivity index (χ0n) is 11.9. The molecule has 0 aliphatic carbocycles. The first-order valence-electron chi connectivity index (χ1n) is 7.51. The molecule has 1 saturated heterocycles. The van der Waals surface area contributed by atoms with Gasteiger partial charge in [-0.2, -0.15) is 0 Å². The third-order valence-corrected chi connectivity index (χ3v) is 3.70. The van der Waals surface area contributed by atoms with Gasteiger partial charge in [-0.3, -0.25) is 0 Å². The first kappa shape index (κ1) is 14.4. The monoisotopic (exact) mass is 262 g/mol. The molecule has 0 bridgehead atoms. The minimum absolute atomic E-state index is 0.284. The Bertz CT molecular complexity index is 358. The van der Waals surface area contributed by atoms with E-state index in [2.05, 4.69) is 41.4 Å². The van der Waals surface area contributed by atoms with Gasteiger partial charge in [0.05, 0.1) is 6.10 Å². The van der Waals surface area contributed by atoms with Crippen LogP contribution in [0.2, 0.25) is 0 Å². The van der Waals surface area contributed by atoms with E-state index in [1.807, 2.05) is 0 Å². The summed E-state index contributed by atoms with van der Waals surface area (Å²) < 4.78 is 0. The van der Waals surface area contributed by atoms with Gasteiger partial charge in [-0.1, -0.05) is 25.5 Å². The molecule has 1 aliphatic rings. The Labute approximate surface area is 116 Å². The molecule has 0 radical (unpaired) electrons. The Morgan fingerprint density at radius 1 is 1.21 bits per heavy atom. The lowest BCUT2D eigenvalue weighted by Gasteiger charge is -2.20. The molecule has 1 aliphatic heterocycles. The molecule has 3 heteroatoms. The SMILES string of the molecule is CCCc1ccc(NCC(O)CN2CCCC2)cc1. The molecular weight excluding hydrogens is 236 g/mol. The van der Waals surface area contributed by atoms with Crippen LogP contribution in [0.25, 0.3) is 0 Å². The minimum atomic E-state index is -0.284. The smallest absolute Gasteiger partial charge is 0.0839 e. The summed E-state index contributed by atoms with van der Waals surface area (Å²) in [4.78, 5) is 2.34. The van der Waals surface area contributed by atoms with Gasteiger partial charge in [0.25, 0.3) is 0 Å². The zero-order valence-corrected chi connectivity index (χ0v) is 11.9. The molecule has 0 amide bonds. The fourth-order valence-electron chi connectivity index (χ4n) is 2.64. The maximum atomic E-state index is 10.0. The summed E-state index contributed by atoms with van der Waals surface area (Å²) in [7, 11) is 0. The largest absolute Gasteiger partial charge is 0.390 e. The molecular formula is C16H26N2O. The van der Waals surface area contributed by atoms with E-state index < -0.39 is 0 Å². The molecule has 0 aromatic heterocycles. The molecule has 1 unspecified atom stereocenters. The predicted octanol–water partition coefficient (Wildman–Crippen LogP) is 2.51. The van der Waals surface area contributed by atoms with E-state index in [1.54, 1.807) is 0 Å². The minimum Gasteiger partial charge on any atom is -0.390 e. The van der Waals surface area contributed by atoms with E-state index in [0.717, 1.165) is 31.7 Å². The number of β-amino-alcohol motifs (C(OH)–C–C–N with tert-alkyl or cyclic N) is 1. The number of benzene rings is 1. The summed E-state index contributed by atoms with van der Waals surface area (Å²) in [5, 5.41) is 13.3. The number of hydrogen-bond donors (Lipinski definition) is 2. The van der Waals surface area contributed by atoms with Crippen LogP contribution in [0.3, 0.4) is 0 Å². The molecule has 0 saturated carbocycles. The van der Waals surface area contributed by atoms with Crippen molar-refractivity contribution in [3.8, 4) is 0 Å². The van der Waals surface area contributed by atoms with Gasteiger partial charge in [0.15, 0.2) is 0 Å². The van der Waals surface area contributed by atoms with Crippen LogP contribution in [-0.4, -0.2) is 42.3 Å². The summed E-state index contributed by atoms with van der Waals surface area (Å²) in [5.74, 6) is 0. The van der Waals surface area contributed by atoms with Crippen LogP contribution in [0, 0.1) is 0 Å². The fraction of sp³-hybridized carbons (Fsp3) is 0.625. The van der Waals surface area contributed by atoms with E-state index in [1.165, 1.54) is 24.8 Å². The Morgan fingerprint density at radius 2 is 1.89 bits per heavy atom. The van der Waals surface area contributed by atoms with Crippen molar-refractivity contribution in [2.45, 2.75) is 38.7 Å². The Balaban J connectivity index is 1.71. The zero-order chi connectivity index (χ0) is 13.5. The molecule has 2 rings (SSSR count). The van der Waals surface area contributed by atoms with Gasteiger partial charge in [-0.15, -0.1) is 0 Å². The van der Waals surface area contributed by atoms with Gasteiger partial charge in [-0.05, 0) is 50.0 Å². The van der Waals surface area contributed by atoms with Gasteiger partial charge >= 0.3 is 0 Å². The van der Waals surface area contributed by atoms with Gasteiger partial charge < -0.3 is 15.3 Å². The molecule has 2 N–H and O–H groups in total. The quantitative estimate of drug-likeness (QED) is 0.792. The molecule has 19 heavy (non-hydrogen) atoms. The van der Waals surface area contributed by atoms with E-state index in [4.69, 9.17) is 0 Å². The van der Waals surface area contributed by atoms with Crippen molar-refractivity contribution in [2.24, 2.45) is 0 Å². The third-order valence-electron chi connectivity index (χ3n) is 3.70. The van der Waals surface area contributed by atoms with Crippen molar-refractivity contribution in [3.05, 3.63) is 29.8 Å². The third kappa shape index (κ3) is 4.84. The Kier molecular flexibility index (Phi) is 5.67. The molecule has 3 nitrogen and oxygen atoms in total. The molecule has 1 heterocycles. The van der Waals surface area contributed by atoms with Gasteiger partial charge in [-0.25, -0.2) is 0 Å². The lowest BCUT2D eigenvalue weighted by atomic mass is 10.1. The van der Waals surface area contributed by atoms with Crippen LogP contribution in [0.1, 0.15) is 31.7 Å². The van der Waals surface area contributed by atoms with Crippen molar-refractivity contribution in [1.29, 1.82) is 0 Å². The lowest BCUT2D eigenvalue weighted by molar-refractivity contribution is 0.135. The average Bonchev–Trinajstić information content (AvgIpc) is 2.91. The molecule has 1 aromatic rings. The number of nitrogens with one attached hydrogen (secondary N) is 1. The van der Waals surface area contributed by atoms with Crippen LogP contribution in [-0.2, 0) is 6.42 Å². The van der Waals surface area contributed by atoms with E-state index >= 15 is 0 Å². The number of hydrogen-bond acceptors (Lipinski definition) is 3. The molecule has 106 valence electrons. The second-order valence-corrected chi connectivity index (χ2v) is 5.49. The molecule has 1 atom stereocenters. The van der Waals surface area contributed by atoms with Gasteiger partial charge in [0.2, 0.25) is 0 Å². The second kappa shape index (κ2) is 7.51. The maximum Gasteiger partial charge on any atom is 0.0839 e. The van der Waals surface area contributed by atoms with Gasteiger partial charge in [0.1, 0.15) is 0 Å². The number of aliphatic hydroxyl groups excluding tert-OH is 1. The predicted molar refractivity (Wildman–Crippen MR) is 80.6 cm³/mol. The number of nitrogens with zero attached hydrogens (tertiary/aromatic N) is 1. The van der Waals surface area contributed by atoms with E-state index in [9.17, 15) is 5.11 Å². The second-order valence-electron chi connectivity index (χ2n) is 5.49. The normalized spacial score (nSPS) is 17.6. The molecule has 1 aromatic carbocycles. The summed E-state index contributed by atoms with van der Waals surface area (Å²) in [6.07, 6.45) is 4.59. The highest BCUT2D eigenvalue weighted by Crippen LogP contribution is 2.12. The van der Waals surface area contributed by atoms with E-state index in [0.29, 0.717) is 6.54 Å². The number of rotatable bonds is 7. The van der Waals surface area contributed by atoms with Crippen LogP contribution in [0.4, 0.5) is 5.69 Å². The fourth-order valence-corrected chi connectivity index (χ4v) is 2.64. The van der Waals surface area contributed by atoms with Crippen LogP contribution < -0.4 is 5.32 Å². The van der Waals surface area contributed by atoms with Crippen LogP contribution in [0.5, 0.6) is 0 Å². The van der Waals surface area contributed by atoms with E-state index in [-0.39, 0.29) is 6.10 Å². The van der Waals surface area contributed by atoms with Crippen molar-refractivity contribution in [1.82, 2.24) is 4.90 Å².